The summed E-state index contributed by atoms with van der Waals surface area (Å²) in [6.07, 6.45) is -4.54. The van der Waals surface area contributed by atoms with Crippen LogP contribution in [0.4, 0.5) is 24.9 Å². The highest BCUT2D eigenvalue weighted by Gasteiger charge is 2.33. The first-order chi connectivity index (χ1) is 10.3. The maximum atomic E-state index is 12.9. The molecule has 0 radical (unpaired) electrons. The zero-order chi connectivity index (χ0) is 16.3. The minimum Gasteiger partial charge on any atom is -0.508 e. The summed E-state index contributed by atoms with van der Waals surface area (Å²) in [6.45, 7) is 0.245. The van der Waals surface area contributed by atoms with Crippen LogP contribution in [0.2, 0.25) is 0 Å². The Labute approximate surface area is 125 Å². The lowest BCUT2D eigenvalue weighted by molar-refractivity contribution is -0.141. The van der Waals surface area contributed by atoms with Crippen LogP contribution in [-0.4, -0.2) is 29.2 Å². The number of benzene rings is 1. The number of rotatable bonds is 4. The van der Waals surface area contributed by atoms with Crippen molar-refractivity contribution < 1.29 is 18.3 Å². The van der Waals surface area contributed by atoms with Gasteiger partial charge in [0.25, 0.3) is 0 Å². The molecule has 2 aromatic rings. The molecule has 5 nitrogen and oxygen atoms in total. The molecule has 1 heterocycles. The quantitative estimate of drug-likeness (QED) is 0.909. The van der Waals surface area contributed by atoms with E-state index >= 15 is 0 Å². The van der Waals surface area contributed by atoms with Gasteiger partial charge in [0.1, 0.15) is 11.6 Å². The second-order valence-electron chi connectivity index (χ2n) is 4.85. The number of phenols is 1. The van der Waals surface area contributed by atoms with Gasteiger partial charge in [0.2, 0.25) is 5.95 Å². The first-order valence-electron chi connectivity index (χ1n) is 6.41. The number of alkyl halides is 3. The van der Waals surface area contributed by atoms with Crippen LogP contribution in [0.15, 0.2) is 30.3 Å². The van der Waals surface area contributed by atoms with Crippen molar-refractivity contribution in [1.82, 2.24) is 9.97 Å². The lowest BCUT2D eigenvalue weighted by Crippen LogP contribution is -2.17. The molecule has 0 aliphatic heterocycles. The van der Waals surface area contributed by atoms with Gasteiger partial charge in [-0.25, -0.2) is 4.98 Å². The first kappa shape index (κ1) is 15.9. The molecule has 2 N–H and O–H groups in total. The Morgan fingerprint density at radius 3 is 2.32 bits per heavy atom. The standard InChI is InChI=1S/C14H15F3N4O/c1-21(2)12-7-11(14(15,16)17)19-13(20-12)18-8-9-3-5-10(22)6-4-9/h3-7,22H,8H2,1-2H3,(H,18,19,20). The fraction of sp³-hybridized carbons (Fsp3) is 0.286. The van der Waals surface area contributed by atoms with Gasteiger partial charge in [0.15, 0.2) is 5.69 Å². The van der Waals surface area contributed by atoms with E-state index in [4.69, 9.17) is 0 Å². The third-order valence-electron chi connectivity index (χ3n) is 2.85. The molecule has 0 aliphatic carbocycles. The summed E-state index contributed by atoms with van der Waals surface area (Å²) in [4.78, 5) is 9.00. The van der Waals surface area contributed by atoms with Crippen LogP contribution in [0.3, 0.4) is 0 Å². The van der Waals surface area contributed by atoms with Crippen LogP contribution in [0.25, 0.3) is 0 Å². The van der Waals surface area contributed by atoms with Crippen LogP contribution >= 0.6 is 0 Å². The molecule has 118 valence electrons. The van der Waals surface area contributed by atoms with Crippen molar-refractivity contribution in [2.24, 2.45) is 0 Å². The topological polar surface area (TPSA) is 61.3 Å². The van der Waals surface area contributed by atoms with Crippen LogP contribution in [0.5, 0.6) is 5.75 Å². The number of hydrogen-bond acceptors (Lipinski definition) is 5. The van der Waals surface area contributed by atoms with Gasteiger partial charge < -0.3 is 15.3 Å². The Bertz CT molecular complexity index is 642. The molecule has 0 saturated carbocycles. The number of phenolic OH excluding ortho intramolecular Hbond substituents is 1. The Morgan fingerprint density at radius 1 is 1.14 bits per heavy atom. The molecule has 8 heteroatoms. The van der Waals surface area contributed by atoms with E-state index in [1.807, 2.05) is 0 Å². The van der Waals surface area contributed by atoms with Gasteiger partial charge in [-0.1, -0.05) is 12.1 Å². The van der Waals surface area contributed by atoms with Crippen molar-refractivity contribution in [1.29, 1.82) is 0 Å². The summed E-state index contributed by atoms with van der Waals surface area (Å²) >= 11 is 0. The molecular weight excluding hydrogens is 297 g/mol. The van der Waals surface area contributed by atoms with Gasteiger partial charge in [0, 0.05) is 26.7 Å². The molecule has 0 atom stereocenters. The van der Waals surface area contributed by atoms with Gasteiger partial charge in [-0.2, -0.15) is 18.2 Å². The number of hydrogen-bond donors (Lipinski definition) is 2. The summed E-state index contributed by atoms with van der Waals surface area (Å²) in [6, 6.07) is 7.20. The Balaban J connectivity index is 2.22. The lowest BCUT2D eigenvalue weighted by Gasteiger charge is -2.16. The number of halogens is 3. The molecule has 0 saturated heterocycles. The molecule has 2 rings (SSSR count). The van der Waals surface area contributed by atoms with Gasteiger partial charge >= 0.3 is 6.18 Å². The highest BCUT2D eigenvalue weighted by molar-refractivity contribution is 5.44. The number of aromatic nitrogens is 2. The molecule has 0 spiro atoms. The SMILES string of the molecule is CN(C)c1cc(C(F)(F)F)nc(NCc2ccc(O)cc2)n1. The zero-order valence-electron chi connectivity index (χ0n) is 12.0. The van der Waals surface area contributed by atoms with Crippen molar-refractivity contribution in [2.45, 2.75) is 12.7 Å². The van der Waals surface area contributed by atoms with Crippen LogP contribution < -0.4 is 10.2 Å². The van der Waals surface area contributed by atoms with Crippen molar-refractivity contribution in [3.8, 4) is 5.75 Å². The first-order valence-corrected chi connectivity index (χ1v) is 6.41. The van der Waals surface area contributed by atoms with Crippen molar-refractivity contribution >= 4 is 11.8 Å². The molecule has 0 fully saturated rings. The predicted molar refractivity (Wildman–Crippen MR) is 76.8 cm³/mol. The summed E-state index contributed by atoms with van der Waals surface area (Å²) < 4.78 is 38.6. The van der Waals surface area contributed by atoms with Crippen molar-refractivity contribution in [2.75, 3.05) is 24.3 Å². The van der Waals surface area contributed by atoms with Gasteiger partial charge in [0.05, 0.1) is 0 Å². The van der Waals surface area contributed by atoms with E-state index in [0.29, 0.717) is 0 Å². The van der Waals surface area contributed by atoms with E-state index in [-0.39, 0.29) is 24.1 Å². The number of nitrogens with one attached hydrogen (secondary N) is 1. The Kier molecular flexibility index (Phi) is 4.39. The highest BCUT2D eigenvalue weighted by Crippen LogP contribution is 2.30. The third kappa shape index (κ3) is 4.00. The zero-order valence-corrected chi connectivity index (χ0v) is 12.0. The van der Waals surface area contributed by atoms with E-state index in [9.17, 15) is 18.3 Å². The van der Waals surface area contributed by atoms with E-state index in [1.165, 1.54) is 17.0 Å². The minimum absolute atomic E-state index is 0.105. The Hall–Kier alpha value is -2.51. The summed E-state index contributed by atoms with van der Waals surface area (Å²) in [5, 5.41) is 11.9. The number of anilines is 2. The molecule has 1 aromatic heterocycles. The summed E-state index contributed by atoms with van der Waals surface area (Å²) in [5.74, 6) is 0.177. The normalized spacial score (nSPS) is 11.3. The molecule has 0 bridgehead atoms. The fourth-order valence-electron chi connectivity index (χ4n) is 1.68. The fourth-order valence-corrected chi connectivity index (χ4v) is 1.68. The van der Waals surface area contributed by atoms with Gasteiger partial charge in [-0.15, -0.1) is 0 Å². The molecule has 0 amide bonds. The summed E-state index contributed by atoms with van der Waals surface area (Å²) in [5.41, 5.74) is -0.218. The highest BCUT2D eigenvalue weighted by atomic mass is 19.4. The monoisotopic (exact) mass is 312 g/mol. The number of nitrogens with zero attached hydrogens (tertiary/aromatic N) is 3. The third-order valence-corrected chi connectivity index (χ3v) is 2.85. The smallest absolute Gasteiger partial charge is 0.433 e. The average Bonchev–Trinajstić information content (AvgIpc) is 2.45. The summed E-state index contributed by atoms with van der Waals surface area (Å²) in [7, 11) is 3.21. The maximum absolute atomic E-state index is 12.9. The van der Waals surface area contributed by atoms with E-state index in [0.717, 1.165) is 11.6 Å². The minimum atomic E-state index is -4.54. The largest absolute Gasteiger partial charge is 0.508 e. The Morgan fingerprint density at radius 2 is 1.77 bits per heavy atom. The second-order valence-corrected chi connectivity index (χ2v) is 4.85. The van der Waals surface area contributed by atoms with Crippen molar-refractivity contribution in [3.05, 3.63) is 41.6 Å². The molecule has 1 aromatic carbocycles. The van der Waals surface area contributed by atoms with E-state index in [1.54, 1.807) is 26.2 Å². The van der Waals surface area contributed by atoms with Gasteiger partial charge in [-0.3, -0.25) is 0 Å². The van der Waals surface area contributed by atoms with Crippen LogP contribution in [0.1, 0.15) is 11.3 Å². The van der Waals surface area contributed by atoms with E-state index in [2.05, 4.69) is 15.3 Å². The molecule has 0 unspecified atom stereocenters. The predicted octanol–water partition coefficient (Wildman–Crippen LogP) is 2.88. The number of aromatic hydroxyl groups is 1. The lowest BCUT2D eigenvalue weighted by atomic mass is 10.2. The van der Waals surface area contributed by atoms with E-state index < -0.39 is 11.9 Å². The maximum Gasteiger partial charge on any atom is 0.433 e. The van der Waals surface area contributed by atoms with Crippen LogP contribution in [-0.2, 0) is 12.7 Å². The van der Waals surface area contributed by atoms with Crippen LogP contribution in [0, 0.1) is 0 Å². The molecular formula is C14H15F3N4O. The molecule has 22 heavy (non-hydrogen) atoms. The second kappa shape index (κ2) is 6.08. The van der Waals surface area contributed by atoms with Crippen molar-refractivity contribution in [3.63, 3.8) is 0 Å². The van der Waals surface area contributed by atoms with Gasteiger partial charge in [-0.05, 0) is 17.7 Å². The molecule has 0 aliphatic rings. The average molecular weight is 312 g/mol.